The fourth-order valence-corrected chi connectivity index (χ4v) is 4.72. The second-order valence-electron chi connectivity index (χ2n) is 9.61. The van der Waals surface area contributed by atoms with Gasteiger partial charge in [-0.3, -0.25) is 19.6 Å². The molecule has 3 amide bonds. The van der Waals surface area contributed by atoms with E-state index in [-0.39, 0.29) is 23.4 Å². The lowest BCUT2D eigenvalue weighted by Gasteiger charge is -2.12. The molecule has 0 saturated carbocycles. The van der Waals surface area contributed by atoms with Gasteiger partial charge in [-0.2, -0.15) is 0 Å². The van der Waals surface area contributed by atoms with Gasteiger partial charge in [-0.25, -0.2) is 14.3 Å². The first-order valence-electron chi connectivity index (χ1n) is 12.7. The SMILES string of the molecule is COC(=O)c1cccc(CN2C(=O)NC(=Cc3c(Cc4ccccc4C)[nH]n(-c4ccccc4C)c3=O)C2=O)c1. The highest BCUT2D eigenvalue weighted by Crippen LogP contribution is 2.21. The quantitative estimate of drug-likeness (QED) is 0.208. The number of H-pyrrole nitrogens is 1. The molecule has 1 aliphatic rings. The Morgan fingerprint density at radius 3 is 2.38 bits per heavy atom. The maximum absolute atomic E-state index is 13.7. The maximum atomic E-state index is 13.7. The topological polar surface area (TPSA) is 114 Å². The van der Waals surface area contributed by atoms with E-state index < -0.39 is 17.9 Å². The summed E-state index contributed by atoms with van der Waals surface area (Å²) in [5.74, 6) is -1.09. The molecule has 4 aromatic rings. The van der Waals surface area contributed by atoms with Crippen LogP contribution in [0.2, 0.25) is 0 Å². The fraction of sp³-hybridized carbons (Fsp3) is 0.161. The molecule has 3 aromatic carbocycles. The van der Waals surface area contributed by atoms with Gasteiger partial charge in [0.15, 0.2) is 0 Å². The number of carbonyl (C=O) groups excluding carboxylic acids is 3. The number of amides is 3. The number of hydrogen-bond acceptors (Lipinski definition) is 5. The van der Waals surface area contributed by atoms with Gasteiger partial charge in [0, 0.05) is 12.1 Å². The zero-order valence-corrected chi connectivity index (χ0v) is 22.4. The second-order valence-corrected chi connectivity index (χ2v) is 9.61. The molecule has 1 saturated heterocycles. The van der Waals surface area contributed by atoms with Crippen LogP contribution >= 0.6 is 0 Å². The lowest BCUT2D eigenvalue weighted by Crippen LogP contribution is -2.30. The van der Waals surface area contributed by atoms with Crippen LogP contribution in [0.3, 0.4) is 0 Å². The standard InChI is InChI=1S/C31H28N4O5/c1-19-9-4-6-12-22(19)16-25-24(28(36)35(33-25)27-14-7-5-10-20(27)2)17-26-29(37)34(31(39)32-26)18-21-11-8-13-23(15-21)30(38)40-3/h4-15,17,33H,16,18H2,1-3H3,(H,32,39). The van der Waals surface area contributed by atoms with Crippen molar-refractivity contribution in [2.45, 2.75) is 26.8 Å². The summed E-state index contributed by atoms with van der Waals surface area (Å²) in [4.78, 5) is 52.8. The van der Waals surface area contributed by atoms with E-state index in [1.807, 2.05) is 62.4 Å². The summed E-state index contributed by atoms with van der Waals surface area (Å²) in [6, 6.07) is 21.3. The number of aromatic nitrogens is 2. The van der Waals surface area contributed by atoms with E-state index in [0.717, 1.165) is 21.6 Å². The zero-order chi connectivity index (χ0) is 28.4. The van der Waals surface area contributed by atoms with Gasteiger partial charge in [-0.15, -0.1) is 0 Å². The number of para-hydroxylation sites is 1. The number of aryl methyl sites for hydroxylation is 2. The number of methoxy groups -OCH3 is 1. The lowest BCUT2D eigenvalue weighted by molar-refractivity contribution is -0.123. The summed E-state index contributed by atoms with van der Waals surface area (Å²) in [6.45, 7) is 3.86. The summed E-state index contributed by atoms with van der Waals surface area (Å²) in [5.41, 5.74) is 5.13. The molecule has 0 aliphatic carbocycles. The summed E-state index contributed by atoms with van der Waals surface area (Å²) < 4.78 is 6.22. The van der Waals surface area contributed by atoms with Crippen molar-refractivity contribution < 1.29 is 19.1 Å². The Morgan fingerprint density at radius 1 is 0.925 bits per heavy atom. The van der Waals surface area contributed by atoms with Crippen LogP contribution in [0.15, 0.2) is 83.3 Å². The lowest BCUT2D eigenvalue weighted by atomic mass is 10.0. The van der Waals surface area contributed by atoms with Crippen LogP contribution in [0.25, 0.3) is 11.8 Å². The van der Waals surface area contributed by atoms with Crippen molar-refractivity contribution in [1.29, 1.82) is 0 Å². The van der Waals surface area contributed by atoms with Crippen molar-refractivity contribution in [3.63, 3.8) is 0 Å². The van der Waals surface area contributed by atoms with Crippen LogP contribution < -0.4 is 10.9 Å². The van der Waals surface area contributed by atoms with Crippen LogP contribution in [-0.4, -0.2) is 39.7 Å². The average molecular weight is 537 g/mol. The number of hydrogen-bond donors (Lipinski definition) is 2. The molecular formula is C31H28N4O5. The normalized spacial score (nSPS) is 14.1. The van der Waals surface area contributed by atoms with Crippen LogP contribution in [0.1, 0.15) is 43.9 Å². The minimum absolute atomic E-state index is 0.00631. The third-order valence-electron chi connectivity index (χ3n) is 6.93. The fourth-order valence-electron chi connectivity index (χ4n) is 4.72. The van der Waals surface area contributed by atoms with Crippen molar-refractivity contribution in [3.05, 3.63) is 128 Å². The number of carbonyl (C=O) groups is 3. The van der Waals surface area contributed by atoms with Crippen molar-refractivity contribution in [2.75, 3.05) is 7.11 Å². The van der Waals surface area contributed by atoms with E-state index in [1.54, 1.807) is 24.3 Å². The van der Waals surface area contributed by atoms with Gasteiger partial charge in [-0.1, -0.05) is 54.6 Å². The molecule has 1 fully saturated rings. The van der Waals surface area contributed by atoms with E-state index in [2.05, 4.69) is 10.4 Å². The molecule has 0 bridgehead atoms. The van der Waals surface area contributed by atoms with Gasteiger partial charge in [0.05, 0.1) is 30.5 Å². The van der Waals surface area contributed by atoms with Crippen LogP contribution in [0, 0.1) is 13.8 Å². The van der Waals surface area contributed by atoms with Crippen molar-refractivity contribution in [1.82, 2.24) is 20.0 Å². The van der Waals surface area contributed by atoms with Gasteiger partial charge in [0.25, 0.3) is 11.5 Å². The van der Waals surface area contributed by atoms with E-state index in [9.17, 15) is 19.2 Å². The Labute approximate surface area is 230 Å². The molecule has 2 heterocycles. The number of ether oxygens (including phenoxy) is 1. The highest BCUT2D eigenvalue weighted by molar-refractivity contribution is 6.14. The van der Waals surface area contributed by atoms with E-state index in [1.165, 1.54) is 17.9 Å². The monoisotopic (exact) mass is 536 g/mol. The smallest absolute Gasteiger partial charge is 0.337 e. The third kappa shape index (κ3) is 5.09. The minimum Gasteiger partial charge on any atom is -0.465 e. The van der Waals surface area contributed by atoms with Crippen LogP contribution in [0.5, 0.6) is 0 Å². The number of imide groups is 1. The van der Waals surface area contributed by atoms with E-state index >= 15 is 0 Å². The van der Waals surface area contributed by atoms with Crippen molar-refractivity contribution in [3.8, 4) is 5.69 Å². The largest absolute Gasteiger partial charge is 0.465 e. The Kier molecular flexibility index (Phi) is 7.20. The Balaban J connectivity index is 1.52. The molecule has 9 heteroatoms. The second kappa shape index (κ2) is 10.9. The Bertz CT molecular complexity index is 1730. The molecule has 2 N–H and O–H groups in total. The molecular weight excluding hydrogens is 508 g/mol. The Morgan fingerprint density at radius 2 is 1.65 bits per heavy atom. The zero-order valence-electron chi connectivity index (χ0n) is 22.4. The summed E-state index contributed by atoms with van der Waals surface area (Å²) >= 11 is 0. The Hall–Kier alpha value is -5.18. The minimum atomic E-state index is -0.616. The highest BCUT2D eigenvalue weighted by atomic mass is 16.5. The van der Waals surface area contributed by atoms with Gasteiger partial charge in [0.1, 0.15) is 5.70 Å². The first-order valence-corrected chi connectivity index (χ1v) is 12.7. The molecule has 0 radical (unpaired) electrons. The molecule has 202 valence electrons. The van der Waals surface area contributed by atoms with Crippen LogP contribution in [-0.2, 0) is 22.5 Å². The number of urea groups is 1. The maximum Gasteiger partial charge on any atom is 0.337 e. The highest BCUT2D eigenvalue weighted by Gasteiger charge is 2.34. The molecule has 1 aromatic heterocycles. The van der Waals surface area contributed by atoms with Crippen LogP contribution in [0.4, 0.5) is 4.79 Å². The summed E-state index contributed by atoms with van der Waals surface area (Å²) in [5, 5.41) is 5.84. The first kappa shape index (κ1) is 26.4. The summed E-state index contributed by atoms with van der Waals surface area (Å²) in [6.07, 6.45) is 1.86. The van der Waals surface area contributed by atoms with E-state index in [4.69, 9.17) is 4.74 Å². The molecule has 0 spiro atoms. The van der Waals surface area contributed by atoms with Gasteiger partial charge >= 0.3 is 12.0 Å². The number of esters is 1. The van der Waals surface area contributed by atoms with Crippen molar-refractivity contribution >= 4 is 24.0 Å². The first-order chi connectivity index (χ1) is 19.3. The number of rotatable bonds is 7. The molecule has 9 nitrogen and oxygen atoms in total. The number of nitrogens with zero attached hydrogens (tertiary/aromatic N) is 2. The number of aromatic amines is 1. The molecule has 5 rings (SSSR count). The van der Waals surface area contributed by atoms with Gasteiger partial charge in [0.2, 0.25) is 0 Å². The predicted octanol–water partition coefficient (Wildman–Crippen LogP) is 4.25. The predicted molar refractivity (Wildman–Crippen MR) is 150 cm³/mol. The average Bonchev–Trinajstić information content (AvgIpc) is 3.40. The molecule has 0 atom stereocenters. The molecule has 0 unspecified atom stereocenters. The van der Waals surface area contributed by atoms with Crippen molar-refractivity contribution in [2.24, 2.45) is 0 Å². The molecule has 1 aliphatic heterocycles. The van der Waals surface area contributed by atoms with E-state index in [0.29, 0.717) is 28.9 Å². The van der Waals surface area contributed by atoms with Gasteiger partial charge < -0.3 is 10.1 Å². The number of benzene rings is 3. The summed E-state index contributed by atoms with van der Waals surface area (Å²) in [7, 11) is 1.28. The van der Waals surface area contributed by atoms with Gasteiger partial charge in [-0.05, 0) is 60.4 Å². The third-order valence-corrected chi connectivity index (χ3v) is 6.93. The number of nitrogens with one attached hydrogen (secondary N) is 2. The molecule has 40 heavy (non-hydrogen) atoms.